The molecule has 1 atom stereocenters. The minimum Gasteiger partial charge on any atom is -0.493 e. The fourth-order valence-electron chi connectivity index (χ4n) is 3.68. The number of carbonyl (C=O) groups excluding carboxylic acids is 1. The Kier molecular flexibility index (Phi) is 7.86. The number of rotatable bonds is 9. The van der Waals surface area contributed by atoms with Crippen molar-refractivity contribution in [3.05, 3.63) is 35.3 Å². The normalized spacial score (nSPS) is 17.4. The Labute approximate surface area is 172 Å². The second-order valence-electron chi connectivity index (χ2n) is 7.50. The maximum Gasteiger partial charge on any atom is 0.226 e. The van der Waals surface area contributed by atoms with Gasteiger partial charge in [-0.2, -0.15) is 0 Å². The van der Waals surface area contributed by atoms with Gasteiger partial charge in [-0.25, -0.2) is 4.98 Å². The van der Waals surface area contributed by atoms with Crippen LogP contribution in [0, 0.1) is 5.92 Å². The molecule has 0 bridgehead atoms. The summed E-state index contributed by atoms with van der Waals surface area (Å²) >= 11 is 1.55. The molecule has 0 spiro atoms. The molecular weight excluding hydrogens is 370 g/mol. The van der Waals surface area contributed by atoms with Gasteiger partial charge in [0.25, 0.3) is 0 Å². The van der Waals surface area contributed by atoms with E-state index in [-0.39, 0.29) is 5.91 Å². The highest BCUT2D eigenvalue weighted by atomic mass is 32.1. The summed E-state index contributed by atoms with van der Waals surface area (Å²) < 4.78 is 5.69. The Hall–Kier alpha value is -1.92. The standard InChI is InChI=1S/C22H31N3O2S/c1-3-27-20-10-5-4-9-19(20)22-24-18(16-28-22)14-21(26)23-11-7-13-25-12-6-8-17(2)15-25/h4-5,9-10,16-17H,3,6-8,11-15H2,1-2H3,(H,23,26). The van der Waals surface area contributed by atoms with E-state index in [0.717, 1.165) is 47.4 Å². The Morgan fingerprint density at radius 2 is 2.25 bits per heavy atom. The first-order valence-electron chi connectivity index (χ1n) is 10.3. The van der Waals surface area contributed by atoms with Crippen molar-refractivity contribution in [2.24, 2.45) is 5.92 Å². The van der Waals surface area contributed by atoms with Crippen LogP contribution in [-0.4, -0.2) is 48.6 Å². The van der Waals surface area contributed by atoms with Gasteiger partial charge in [0.1, 0.15) is 10.8 Å². The molecule has 2 heterocycles. The van der Waals surface area contributed by atoms with Crippen molar-refractivity contribution < 1.29 is 9.53 Å². The third-order valence-electron chi connectivity index (χ3n) is 5.03. The lowest BCUT2D eigenvalue weighted by atomic mass is 10.0. The summed E-state index contributed by atoms with van der Waals surface area (Å²) in [6, 6.07) is 7.90. The molecule has 1 saturated heterocycles. The first-order valence-corrected chi connectivity index (χ1v) is 11.2. The van der Waals surface area contributed by atoms with Gasteiger partial charge in [-0.3, -0.25) is 4.79 Å². The molecule has 3 rings (SSSR count). The van der Waals surface area contributed by atoms with Crippen molar-refractivity contribution in [2.45, 2.75) is 39.5 Å². The van der Waals surface area contributed by atoms with Gasteiger partial charge in [0.05, 0.1) is 24.3 Å². The second-order valence-corrected chi connectivity index (χ2v) is 8.36. The summed E-state index contributed by atoms with van der Waals surface area (Å²) in [4.78, 5) is 19.4. The van der Waals surface area contributed by atoms with Crippen LogP contribution in [0.5, 0.6) is 5.75 Å². The number of hydrogen-bond acceptors (Lipinski definition) is 5. The number of nitrogens with zero attached hydrogens (tertiary/aromatic N) is 2. The zero-order valence-electron chi connectivity index (χ0n) is 16.9. The third-order valence-corrected chi connectivity index (χ3v) is 5.95. The quantitative estimate of drug-likeness (QED) is 0.646. The molecule has 1 aliphatic heterocycles. The minimum atomic E-state index is 0.0435. The summed E-state index contributed by atoms with van der Waals surface area (Å²) in [6.45, 7) is 9.10. The predicted octanol–water partition coefficient (Wildman–Crippen LogP) is 3.99. The number of thiazole rings is 1. The van der Waals surface area contributed by atoms with Crippen LogP contribution in [0.15, 0.2) is 29.6 Å². The average molecular weight is 402 g/mol. The first-order chi connectivity index (χ1) is 13.7. The highest BCUT2D eigenvalue weighted by molar-refractivity contribution is 7.13. The predicted molar refractivity (Wildman–Crippen MR) is 115 cm³/mol. The molecular formula is C22H31N3O2S. The van der Waals surface area contributed by atoms with Crippen LogP contribution < -0.4 is 10.1 Å². The average Bonchev–Trinajstić information content (AvgIpc) is 3.14. The lowest BCUT2D eigenvalue weighted by Gasteiger charge is -2.30. The summed E-state index contributed by atoms with van der Waals surface area (Å²) in [5.74, 6) is 1.68. The fourth-order valence-corrected chi connectivity index (χ4v) is 4.53. The fraction of sp³-hybridized carbons (Fsp3) is 0.545. The second kappa shape index (κ2) is 10.6. The number of benzene rings is 1. The van der Waals surface area contributed by atoms with E-state index in [1.807, 2.05) is 36.6 Å². The molecule has 2 aromatic rings. The molecule has 0 radical (unpaired) electrons. The molecule has 1 N–H and O–H groups in total. The summed E-state index contributed by atoms with van der Waals surface area (Å²) in [7, 11) is 0. The van der Waals surface area contributed by atoms with E-state index in [4.69, 9.17) is 4.74 Å². The van der Waals surface area contributed by atoms with Gasteiger partial charge in [-0.1, -0.05) is 19.1 Å². The minimum absolute atomic E-state index is 0.0435. The van der Waals surface area contributed by atoms with Gasteiger partial charge in [-0.15, -0.1) is 11.3 Å². The van der Waals surface area contributed by atoms with Gasteiger partial charge < -0.3 is 15.0 Å². The Morgan fingerprint density at radius 1 is 1.39 bits per heavy atom. The van der Waals surface area contributed by atoms with Crippen LogP contribution in [0.25, 0.3) is 10.6 Å². The van der Waals surface area contributed by atoms with Gasteiger partial charge in [-0.05, 0) is 57.3 Å². The zero-order chi connectivity index (χ0) is 19.8. The van der Waals surface area contributed by atoms with E-state index in [0.29, 0.717) is 13.0 Å². The molecule has 0 aliphatic carbocycles. The van der Waals surface area contributed by atoms with Crippen LogP contribution in [0.2, 0.25) is 0 Å². The van der Waals surface area contributed by atoms with E-state index >= 15 is 0 Å². The van der Waals surface area contributed by atoms with Crippen molar-refractivity contribution in [2.75, 3.05) is 32.8 Å². The van der Waals surface area contributed by atoms with E-state index in [1.54, 1.807) is 11.3 Å². The number of carbonyl (C=O) groups is 1. The number of amides is 1. The SMILES string of the molecule is CCOc1ccccc1-c1nc(CC(=O)NCCCN2CCCC(C)C2)cs1. The van der Waals surface area contributed by atoms with Crippen molar-refractivity contribution in [1.29, 1.82) is 0 Å². The van der Waals surface area contributed by atoms with Crippen LogP contribution in [-0.2, 0) is 11.2 Å². The van der Waals surface area contributed by atoms with Crippen molar-refractivity contribution >= 4 is 17.2 Å². The molecule has 28 heavy (non-hydrogen) atoms. The van der Waals surface area contributed by atoms with Crippen LogP contribution in [0.1, 0.15) is 38.8 Å². The van der Waals surface area contributed by atoms with Crippen molar-refractivity contribution in [3.63, 3.8) is 0 Å². The number of nitrogens with one attached hydrogen (secondary N) is 1. The molecule has 1 unspecified atom stereocenters. The number of piperidine rings is 1. The Balaban J connectivity index is 1.44. The molecule has 1 aromatic heterocycles. The molecule has 6 heteroatoms. The number of aromatic nitrogens is 1. The van der Waals surface area contributed by atoms with Gasteiger partial charge in [0.2, 0.25) is 5.91 Å². The van der Waals surface area contributed by atoms with Crippen LogP contribution >= 0.6 is 11.3 Å². The number of hydrogen-bond donors (Lipinski definition) is 1. The lowest BCUT2D eigenvalue weighted by molar-refractivity contribution is -0.120. The number of likely N-dealkylation sites (tertiary alicyclic amines) is 1. The monoisotopic (exact) mass is 401 g/mol. The number of para-hydroxylation sites is 1. The number of ether oxygens (including phenoxy) is 1. The zero-order valence-corrected chi connectivity index (χ0v) is 17.8. The highest BCUT2D eigenvalue weighted by Gasteiger charge is 2.16. The molecule has 5 nitrogen and oxygen atoms in total. The van der Waals surface area contributed by atoms with Crippen molar-refractivity contribution in [1.82, 2.24) is 15.2 Å². The van der Waals surface area contributed by atoms with Crippen LogP contribution in [0.3, 0.4) is 0 Å². The summed E-state index contributed by atoms with van der Waals surface area (Å²) in [5.41, 5.74) is 1.80. The summed E-state index contributed by atoms with van der Waals surface area (Å²) in [6.07, 6.45) is 3.97. The maximum absolute atomic E-state index is 12.2. The Bertz CT molecular complexity index is 762. The van der Waals surface area contributed by atoms with E-state index in [2.05, 4.69) is 22.1 Å². The van der Waals surface area contributed by atoms with Gasteiger partial charge >= 0.3 is 0 Å². The first kappa shape index (κ1) is 20.8. The van der Waals surface area contributed by atoms with Gasteiger partial charge in [0.15, 0.2) is 0 Å². The third kappa shape index (κ3) is 6.04. The molecule has 1 aromatic carbocycles. The molecule has 1 fully saturated rings. The van der Waals surface area contributed by atoms with Crippen molar-refractivity contribution in [3.8, 4) is 16.3 Å². The van der Waals surface area contributed by atoms with Crippen LogP contribution in [0.4, 0.5) is 0 Å². The molecule has 1 amide bonds. The molecule has 152 valence electrons. The smallest absolute Gasteiger partial charge is 0.226 e. The largest absolute Gasteiger partial charge is 0.493 e. The van der Waals surface area contributed by atoms with E-state index < -0.39 is 0 Å². The highest BCUT2D eigenvalue weighted by Crippen LogP contribution is 2.32. The topological polar surface area (TPSA) is 54.5 Å². The molecule has 1 aliphatic rings. The maximum atomic E-state index is 12.2. The van der Waals surface area contributed by atoms with E-state index in [9.17, 15) is 4.79 Å². The van der Waals surface area contributed by atoms with E-state index in [1.165, 1.54) is 25.9 Å². The lowest BCUT2D eigenvalue weighted by Crippen LogP contribution is -2.36. The Morgan fingerprint density at radius 3 is 3.07 bits per heavy atom. The summed E-state index contributed by atoms with van der Waals surface area (Å²) in [5, 5.41) is 5.90. The van der Waals surface area contributed by atoms with Gasteiger partial charge in [0, 0.05) is 18.5 Å². The molecule has 0 saturated carbocycles.